The maximum atomic E-state index is 4.80. The van der Waals surface area contributed by atoms with Gasteiger partial charge in [0.2, 0.25) is 0 Å². The van der Waals surface area contributed by atoms with Crippen molar-refractivity contribution in [3.05, 3.63) is 35.3 Å². The molecular weight excluding hydrogens is 346 g/mol. The van der Waals surface area contributed by atoms with Gasteiger partial charge in [0, 0.05) is 57.2 Å². The Morgan fingerprint density at radius 2 is 2.23 bits per heavy atom. The molecule has 0 unspecified atom stereocenters. The van der Waals surface area contributed by atoms with Crippen LogP contribution in [0, 0.1) is 0 Å². The van der Waals surface area contributed by atoms with Gasteiger partial charge in [0.25, 0.3) is 0 Å². The molecule has 0 saturated heterocycles. The van der Waals surface area contributed by atoms with Gasteiger partial charge in [0.15, 0.2) is 11.0 Å². The Kier molecular flexibility index (Phi) is 4.30. The molecule has 8 heteroatoms. The normalized spacial score (nSPS) is 19.6. The predicted octanol–water partition coefficient (Wildman–Crippen LogP) is 2.28. The molecule has 0 saturated carbocycles. The lowest BCUT2D eigenvalue weighted by Crippen LogP contribution is -2.30. The fourth-order valence-corrected chi connectivity index (χ4v) is 4.75. The van der Waals surface area contributed by atoms with E-state index in [9.17, 15) is 0 Å². The summed E-state index contributed by atoms with van der Waals surface area (Å²) in [5.41, 5.74) is 3.60. The van der Waals surface area contributed by atoms with Crippen LogP contribution in [0.1, 0.15) is 25.0 Å². The van der Waals surface area contributed by atoms with Crippen LogP contribution in [0.3, 0.4) is 0 Å². The molecule has 1 N–H and O–H groups in total. The number of aromatic nitrogens is 4. The highest BCUT2D eigenvalue weighted by atomic mass is 32.2. The molecule has 0 amide bonds. The zero-order valence-electron chi connectivity index (χ0n) is 14.8. The standard InChI is InChI=1S/C18H23N7S/c1-4-19-12-15-11-16(22-25(15)8-1)17-20-6-10-23(17)9-3-14-13-26-18-21-5-2-7-24(14)18/h6,10-11,13,19H,1-5,7-9,12H2. The van der Waals surface area contributed by atoms with Crippen molar-refractivity contribution >= 4 is 16.9 Å². The van der Waals surface area contributed by atoms with Crippen molar-refractivity contribution in [2.75, 3.05) is 19.6 Å². The summed E-state index contributed by atoms with van der Waals surface area (Å²) in [4.78, 5) is 11.6. The van der Waals surface area contributed by atoms with Gasteiger partial charge in [-0.05, 0) is 30.9 Å². The lowest BCUT2D eigenvalue weighted by Gasteiger charge is -2.25. The van der Waals surface area contributed by atoms with Crippen LogP contribution in [0.15, 0.2) is 34.6 Å². The number of thioether (sulfide) groups is 1. The van der Waals surface area contributed by atoms with E-state index in [4.69, 9.17) is 5.10 Å². The third kappa shape index (κ3) is 2.97. The number of nitrogens with zero attached hydrogens (tertiary/aromatic N) is 6. The first-order valence-electron chi connectivity index (χ1n) is 9.35. The second-order valence-electron chi connectivity index (χ2n) is 6.87. The molecule has 0 aromatic carbocycles. The Morgan fingerprint density at radius 3 is 3.23 bits per heavy atom. The molecule has 0 spiro atoms. The minimum atomic E-state index is 0.884. The van der Waals surface area contributed by atoms with Crippen molar-refractivity contribution in [2.24, 2.45) is 4.99 Å². The van der Waals surface area contributed by atoms with Crippen LogP contribution in [0.5, 0.6) is 0 Å². The maximum Gasteiger partial charge on any atom is 0.167 e. The summed E-state index contributed by atoms with van der Waals surface area (Å²) in [5.74, 6) is 0.962. The van der Waals surface area contributed by atoms with Gasteiger partial charge in [0.1, 0.15) is 5.69 Å². The second kappa shape index (κ2) is 6.92. The molecule has 26 heavy (non-hydrogen) atoms. The molecule has 136 valence electrons. The molecule has 0 aliphatic carbocycles. The van der Waals surface area contributed by atoms with E-state index in [-0.39, 0.29) is 0 Å². The molecule has 0 bridgehead atoms. The molecule has 7 nitrogen and oxygen atoms in total. The van der Waals surface area contributed by atoms with Crippen LogP contribution in [0.25, 0.3) is 11.5 Å². The first-order chi connectivity index (χ1) is 12.9. The summed E-state index contributed by atoms with van der Waals surface area (Å²) >= 11 is 1.76. The average Bonchev–Trinajstić information content (AvgIpc) is 3.35. The van der Waals surface area contributed by atoms with Gasteiger partial charge in [-0.1, -0.05) is 11.8 Å². The fraction of sp³-hybridized carbons (Fsp3) is 0.500. The minimum absolute atomic E-state index is 0.884. The molecule has 2 aromatic rings. The number of fused-ring (bicyclic) bond motifs is 2. The lowest BCUT2D eigenvalue weighted by atomic mass is 10.2. The maximum absolute atomic E-state index is 4.80. The van der Waals surface area contributed by atoms with Gasteiger partial charge in [-0.3, -0.25) is 9.67 Å². The van der Waals surface area contributed by atoms with Crippen molar-refractivity contribution in [1.82, 2.24) is 29.5 Å². The molecule has 5 rings (SSSR count). The summed E-state index contributed by atoms with van der Waals surface area (Å²) in [5, 5.41) is 11.7. The number of hydrogen-bond donors (Lipinski definition) is 1. The van der Waals surface area contributed by atoms with Gasteiger partial charge in [-0.15, -0.1) is 0 Å². The Morgan fingerprint density at radius 1 is 1.23 bits per heavy atom. The van der Waals surface area contributed by atoms with E-state index in [1.165, 1.54) is 16.6 Å². The van der Waals surface area contributed by atoms with Gasteiger partial charge in [-0.25, -0.2) is 4.98 Å². The van der Waals surface area contributed by atoms with E-state index in [1.54, 1.807) is 11.8 Å². The third-order valence-electron chi connectivity index (χ3n) is 5.11. The number of aryl methyl sites for hydroxylation is 2. The van der Waals surface area contributed by atoms with E-state index >= 15 is 0 Å². The van der Waals surface area contributed by atoms with Crippen molar-refractivity contribution in [2.45, 2.75) is 38.9 Å². The number of hydrogen-bond acceptors (Lipinski definition) is 6. The summed E-state index contributed by atoms with van der Waals surface area (Å²) < 4.78 is 4.35. The van der Waals surface area contributed by atoms with E-state index in [2.05, 4.69) is 47.1 Å². The van der Waals surface area contributed by atoms with E-state index in [0.29, 0.717) is 0 Å². The molecule has 3 aliphatic rings. The number of allylic oxidation sites excluding steroid dienone is 1. The summed E-state index contributed by atoms with van der Waals surface area (Å²) in [6.07, 6.45) is 7.19. The smallest absolute Gasteiger partial charge is 0.167 e. The van der Waals surface area contributed by atoms with Crippen LogP contribution in [0.2, 0.25) is 0 Å². The van der Waals surface area contributed by atoms with Crippen LogP contribution in [-0.2, 0) is 19.6 Å². The number of nitrogens with one attached hydrogen (secondary N) is 1. The molecule has 0 radical (unpaired) electrons. The van der Waals surface area contributed by atoms with Crippen LogP contribution in [-0.4, -0.2) is 49.0 Å². The molecular formula is C18H23N7S. The number of rotatable bonds is 4. The lowest BCUT2D eigenvalue weighted by molar-refractivity contribution is 0.459. The minimum Gasteiger partial charge on any atom is -0.329 e. The van der Waals surface area contributed by atoms with Gasteiger partial charge < -0.3 is 14.8 Å². The monoisotopic (exact) mass is 369 g/mol. The van der Waals surface area contributed by atoms with Gasteiger partial charge in [0.05, 0.1) is 5.69 Å². The van der Waals surface area contributed by atoms with E-state index in [1.807, 2.05) is 6.20 Å². The fourth-order valence-electron chi connectivity index (χ4n) is 3.76. The SMILES string of the molecule is C1=C(CCn2ccnc2-c2cc3n(n2)CCCNC3)N2CCCN=C2S1. The highest BCUT2D eigenvalue weighted by Gasteiger charge is 2.24. The second-order valence-corrected chi connectivity index (χ2v) is 7.70. The summed E-state index contributed by atoms with van der Waals surface area (Å²) in [6.45, 7) is 5.88. The van der Waals surface area contributed by atoms with Crippen LogP contribution < -0.4 is 5.32 Å². The molecule has 3 aliphatic heterocycles. The largest absolute Gasteiger partial charge is 0.329 e. The van der Waals surface area contributed by atoms with Crippen molar-refractivity contribution in [3.63, 3.8) is 0 Å². The predicted molar refractivity (Wildman–Crippen MR) is 104 cm³/mol. The highest BCUT2D eigenvalue weighted by molar-refractivity contribution is 8.16. The van der Waals surface area contributed by atoms with Crippen LogP contribution in [0.4, 0.5) is 0 Å². The van der Waals surface area contributed by atoms with Crippen LogP contribution >= 0.6 is 11.8 Å². The number of aliphatic imine (C=N–C) groups is 1. The summed E-state index contributed by atoms with van der Waals surface area (Å²) in [6, 6.07) is 2.18. The zero-order valence-corrected chi connectivity index (χ0v) is 15.6. The van der Waals surface area contributed by atoms with E-state index in [0.717, 1.165) is 70.0 Å². The highest BCUT2D eigenvalue weighted by Crippen LogP contribution is 2.31. The zero-order chi connectivity index (χ0) is 17.3. The Labute approximate surface area is 157 Å². The molecule has 2 aromatic heterocycles. The van der Waals surface area contributed by atoms with Crippen molar-refractivity contribution in [1.29, 1.82) is 0 Å². The Bertz CT molecular complexity index is 839. The third-order valence-corrected chi connectivity index (χ3v) is 6.06. The number of amidine groups is 1. The first-order valence-corrected chi connectivity index (χ1v) is 10.2. The van der Waals surface area contributed by atoms with Crippen molar-refractivity contribution in [3.8, 4) is 11.5 Å². The topological polar surface area (TPSA) is 63.3 Å². The Balaban J connectivity index is 1.32. The van der Waals surface area contributed by atoms with Crippen molar-refractivity contribution < 1.29 is 0 Å². The Hall–Kier alpha value is -2.06. The summed E-state index contributed by atoms with van der Waals surface area (Å²) in [7, 11) is 0. The molecule has 0 fully saturated rings. The van der Waals surface area contributed by atoms with Gasteiger partial charge in [-0.2, -0.15) is 5.10 Å². The van der Waals surface area contributed by atoms with E-state index < -0.39 is 0 Å². The number of imidazole rings is 1. The average molecular weight is 369 g/mol. The molecule has 5 heterocycles. The first kappa shape index (κ1) is 16.1. The van der Waals surface area contributed by atoms with Gasteiger partial charge >= 0.3 is 0 Å². The quantitative estimate of drug-likeness (QED) is 0.896. The molecule has 0 atom stereocenters.